The fourth-order valence-electron chi connectivity index (χ4n) is 3.53. The summed E-state index contributed by atoms with van der Waals surface area (Å²) in [5.41, 5.74) is 3.32. The monoisotopic (exact) mass is 412 g/mol. The number of thiophene rings is 1. The van der Waals surface area contributed by atoms with Gasteiger partial charge < -0.3 is 10.2 Å². The first-order valence-electron chi connectivity index (χ1n) is 9.46. The van der Waals surface area contributed by atoms with E-state index in [1.807, 2.05) is 43.3 Å². The van der Waals surface area contributed by atoms with E-state index in [2.05, 4.69) is 22.2 Å². The number of aromatic nitrogens is 2. The molecule has 146 valence electrons. The number of amides is 1. The summed E-state index contributed by atoms with van der Waals surface area (Å²) in [4.78, 5) is 25.9. The molecule has 1 atom stereocenters. The molecule has 1 aliphatic rings. The Morgan fingerprint density at radius 1 is 1.29 bits per heavy atom. The van der Waals surface area contributed by atoms with Gasteiger partial charge in [-0.2, -0.15) is 0 Å². The van der Waals surface area contributed by atoms with Gasteiger partial charge in [-0.05, 0) is 55.0 Å². The number of hydrogen-bond acceptors (Lipinski definition) is 6. The molecular weight excluding hydrogens is 388 g/mol. The molecule has 4 rings (SSSR count). The molecule has 0 spiro atoms. The number of thioether (sulfide) groups is 1. The fourth-order valence-corrected chi connectivity index (χ4v) is 5.77. The maximum atomic E-state index is 12.4. The van der Waals surface area contributed by atoms with Crippen LogP contribution in [0.2, 0.25) is 0 Å². The summed E-state index contributed by atoms with van der Waals surface area (Å²) >= 11 is 3.29. The van der Waals surface area contributed by atoms with E-state index in [1.54, 1.807) is 17.7 Å². The Morgan fingerprint density at radius 2 is 2.07 bits per heavy atom. The van der Waals surface area contributed by atoms with Crippen molar-refractivity contribution in [3.05, 3.63) is 41.0 Å². The van der Waals surface area contributed by atoms with Gasteiger partial charge in [-0.1, -0.05) is 18.7 Å². The van der Waals surface area contributed by atoms with Crippen molar-refractivity contribution in [3.63, 3.8) is 0 Å². The van der Waals surface area contributed by atoms with Gasteiger partial charge in [0, 0.05) is 35.7 Å². The van der Waals surface area contributed by atoms with Crippen LogP contribution in [0, 0.1) is 5.92 Å². The quantitative estimate of drug-likeness (QED) is 0.490. The van der Waals surface area contributed by atoms with E-state index in [0.717, 1.165) is 40.0 Å². The predicted molar refractivity (Wildman–Crippen MR) is 119 cm³/mol. The average Bonchev–Trinajstić information content (AvgIpc) is 3.04. The van der Waals surface area contributed by atoms with Gasteiger partial charge >= 0.3 is 0 Å². The molecule has 1 unspecified atom stereocenters. The molecule has 3 aromatic rings. The molecule has 1 N–H and O–H groups in total. The van der Waals surface area contributed by atoms with Gasteiger partial charge in [0.25, 0.3) is 0 Å². The average molecular weight is 413 g/mol. The molecule has 0 bridgehead atoms. The van der Waals surface area contributed by atoms with Crippen LogP contribution in [0.5, 0.6) is 0 Å². The van der Waals surface area contributed by atoms with Crippen LogP contribution in [0.4, 0.5) is 11.4 Å². The number of fused-ring (bicyclic) bond motifs is 3. The van der Waals surface area contributed by atoms with E-state index in [9.17, 15) is 4.79 Å². The number of nitrogens with one attached hydrogen (secondary N) is 1. The highest BCUT2D eigenvalue weighted by atomic mass is 32.2. The molecule has 1 aliphatic carbocycles. The van der Waals surface area contributed by atoms with E-state index in [4.69, 9.17) is 0 Å². The number of hydrogen-bond donors (Lipinski definition) is 1. The first-order chi connectivity index (χ1) is 13.5. The Hall–Kier alpha value is -2.12. The summed E-state index contributed by atoms with van der Waals surface area (Å²) in [6, 6.07) is 7.85. The first kappa shape index (κ1) is 19.2. The van der Waals surface area contributed by atoms with Crippen LogP contribution in [0.25, 0.3) is 10.2 Å². The molecule has 28 heavy (non-hydrogen) atoms. The molecule has 1 amide bonds. The SMILES string of the molecule is CC1CCc2c(sc3ncnc(SCC(=O)Nc4ccc(N(C)C)cc4)c23)C1. The lowest BCUT2D eigenvalue weighted by Crippen LogP contribution is -2.14. The Morgan fingerprint density at radius 3 is 2.82 bits per heavy atom. The van der Waals surface area contributed by atoms with Crippen LogP contribution in [-0.2, 0) is 17.6 Å². The number of carbonyl (C=O) groups is 1. The summed E-state index contributed by atoms with van der Waals surface area (Å²) in [7, 11) is 3.99. The van der Waals surface area contributed by atoms with E-state index < -0.39 is 0 Å². The zero-order chi connectivity index (χ0) is 19.7. The van der Waals surface area contributed by atoms with E-state index in [0.29, 0.717) is 5.75 Å². The van der Waals surface area contributed by atoms with E-state index >= 15 is 0 Å². The molecule has 0 fully saturated rings. The highest BCUT2D eigenvalue weighted by Gasteiger charge is 2.23. The van der Waals surface area contributed by atoms with Crippen molar-refractivity contribution in [1.82, 2.24) is 9.97 Å². The molecule has 5 nitrogen and oxygen atoms in total. The number of benzene rings is 1. The number of carbonyl (C=O) groups excluding carboxylic acids is 1. The van der Waals surface area contributed by atoms with Crippen LogP contribution in [-0.4, -0.2) is 35.7 Å². The van der Waals surface area contributed by atoms with Gasteiger partial charge in [-0.3, -0.25) is 4.79 Å². The molecule has 2 heterocycles. The van der Waals surface area contributed by atoms with Crippen molar-refractivity contribution in [2.75, 3.05) is 30.1 Å². The van der Waals surface area contributed by atoms with Crippen molar-refractivity contribution in [2.24, 2.45) is 5.92 Å². The first-order valence-corrected chi connectivity index (χ1v) is 11.3. The van der Waals surface area contributed by atoms with Crippen molar-refractivity contribution < 1.29 is 4.79 Å². The maximum Gasteiger partial charge on any atom is 0.234 e. The summed E-state index contributed by atoms with van der Waals surface area (Å²) < 4.78 is 0. The van der Waals surface area contributed by atoms with Crippen molar-refractivity contribution in [1.29, 1.82) is 0 Å². The minimum atomic E-state index is -0.0212. The molecule has 2 aromatic heterocycles. The van der Waals surface area contributed by atoms with Crippen LogP contribution in [0.3, 0.4) is 0 Å². The molecule has 7 heteroatoms. The predicted octanol–water partition coefficient (Wildman–Crippen LogP) is 4.61. The Balaban J connectivity index is 1.46. The maximum absolute atomic E-state index is 12.4. The van der Waals surface area contributed by atoms with Gasteiger partial charge in [0.1, 0.15) is 16.2 Å². The largest absolute Gasteiger partial charge is 0.378 e. The van der Waals surface area contributed by atoms with E-state index in [1.165, 1.54) is 34.0 Å². The van der Waals surface area contributed by atoms with Crippen molar-refractivity contribution >= 4 is 50.6 Å². The lowest BCUT2D eigenvalue weighted by atomic mass is 9.89. The van der Waals surface area contributed by atoms with E-state index in [-0.39, 0.29) is 5.91 Å². The number of rotatable bonds is 5. The summed E-state index contributed by atoms with van der Waals surface area (Å²) in [5.74, 6) is 1.05. The second kappa shape index (κ2) is 8.09. The van der Waals surface area contributed by atoms with Gasteiger partial charge in [0.15, 0.2) is 0 Å². The van der Waals surface area contributed by atoms with Crippen LogP contribution >= 0.6 is 23.1 Å². The van der Waals surface area contributed by atoms with Crippen molar-refractivity contribution in [3.8, 4) is 0 Å². The van der Waals surface area contributed by atoms with Gasteiger partial charge in [-0.25, -0.2) is 9.97 Å². The molecule has 0 saturated carbocycles. The van der Waals surface area contributed by atoms with Crippen molar-refractivity contribution in [2.45, 2.75) is 31.2 Å². The molecule has 0 saturated heterocycles. The van der Waals surface area contributed by atoms with Gasteiger partial charge in [0.05, 0.1) is 5.75 Å². The fraction of sp³-hybridized carbons (Fsp3) is 0.381. The third-order valence-corrected chi connectivity index (χ3v) is 7.22. The highest BCUT2D eigenvalue weighted by Crippen LogP contribution is 2.40. The molecule has 1 aromatic carbocycles. The number of aryl methyl sites for hydroxylation is 1. The Bertz CT molecular complexity index is 998. The Kier molecular flexibility index (Phi) is 5.55. The molecule has 0 radical (unpaired) electrons. The van der Waals surface area contributed by atoms with Gasteiger partial charge in [0.2, 0.25) is 5.91 Å². The molecular formula is C21H24N4OS2. The van der Waals surface area contributed by atoms with Crippen LogP contribution in [0.15, 0.2) is 35.6 Å². The summed E-state index contributed by atoms with van der Waals surface area (Å²) in [6.07, 6.45) is 5.04. The summed E-state index contributed by atoms with van der Waals surface area (Å²) in [6.45, 7) is 2.31. The third-order valence-electron chi connectivity index (χ3n) is 5.06. The van der Waals surface area contributed by atoms with Crippen LogP contribution < -0.4 is 10.2 Å². The summed E-state index contributed by atoms with van der Waals surface area (Å²) in [5, 5.41) is 5.06. The highest BCUT2D eigenvalue weighted by molar-refractivity contribution is 8.00. The lowest BCUT2D eigenvalue weighted by molar-refractivity contribution is -0.113. The lowest BCUT2D eigenvalue weighted by Gasteiger charge is -2.18. The van der Waals surface area contributed by atoms with Gasteiger partial charge in [-0.15, -0.1) is 11.3 Å². The Labute approximate surface area is 173 Å². The second-order valence-corrected chi connectivity index (χ2v) is 9.54. The minimum absolute atomic E-state index is 0.0212. The number of nitrogens with zero attached hydrogens (tertiary/aromatic N) is 3. The standard InChI is InChI=1S/C21H24N4OS2/c1-13-4-9-16-17(10-13)28-21-19(16)20(22-12-23-21)27-11-18(26)24-14-5-7-15(8-6-14)25(2)3/h5-8,12-13H,4,9-11H2,1-3H3,(H,24,26). The minimum Gasteiger partial charge on any atom is -0.378 e. The zero-order valence-corrected chi connectivity index (χ0v) is 18.0. The molecule has 0 aliphatic heterocycles. The smallest absolute Gasteiger partial charge is 0.234 e. The topological polar surface area (TPSA) is 58.1 Å². The third kappa shape index (κ3) is 4.00. The van der Waals surface area contributed by atoms with Crippen LogP contribution in [0.1, 0.15) is 23.8 Å². The second-order valence-electron chi connectivity index (χ2n) is 7.49. The normalized spacial score (nSPS) is 16.0. The zero-order valence-electron chi connectivity index (χ0n) is 16.4. The number of anilines is 2.